The molecule has 0 saturated carbocycles. The minimum absolute atomic E-state index is 0.207. The molecule has 0 aliphatic carbocycles. The van der Waals surface area contributed by atoms with Crippen molar-refractivity contribution in [3.8, 4) is 11.6 Å². The number of fused-ring (bicyclic) bond motifs is 1. The first-order chi connectivity index (χ1) is 12.7. The Kier molecular flexibility index (Phi) is 4.23. The Hall–Kier alpha value is -3.40. The van der Waals surface area contributed by atoms with E-state index in [1.165, 1.54) is 22.5 Å². The fraction of sp³-hybridized carbons (Fsp3) is 0.0625. The van der Waals surface area contributed by atoms with Gasteiger partial charge in [0.2, 0.25) is 11.8 Å². The van der Waals surface area contributed by atoms with Crippen molar-refractivity contribution < 1.29 is 9.21 Å². The number of amides is 2. The number of nitrogens with one attached hydrogen (secondary N) is 2. The Labute approximate surface area is 151 Å². The highest BCUT2D eigenvalue weighted by Gasteiger charge is 2.16. The molecule has 26 heavy (non-hydrogen) atoms. The van der Waals surface area contributed by atoms with Gasteiger partial charge in [-0.25, -0.2) is 4.79 Å². The molecule has 0 spiro atoms. The lowest BCUT2D eigenvalue weighted by Crippen LogP contribution is -2.22. The second-order valence-corrected chi connectivity index (χ2v) is 5.88. The third-order valence-corrected chi connectivity index (χ3v) is 3.92. The summed E-state index contributed by atoms with van der Waals surface area (Å²) in [6.07, 6.45) is 3.37. The van der Waals surface area contributed by atoms with E-state index in [-0.39, 0.29) is 5.95 Å². The first-order valence-electron chi connectivity index (χ1n) is 7.58. The van der Waals surface area contributed by atoms with Crippen molar-refractivity contribution in [2.45, 2.75) is 5.16 Å². The number of carbonyl (C=O) groups excluding carboxylic acids is 1. The molecule has 0 aliphatic heterocycles. The number of benzene rings is 1. The molecule has 0 radical (unpaired) electrons. The molecule has 2 N–H and O–H groups in total. The molecular formula is C16H13N7O2S. The minimum Gasteiger partial charge on any atom is -0.461 e. The van der Waals surface area contributed by atoms with Crippen molar-refractivity contribution in [3.05, 3.63) is 48.7 Å². The Morgan fingerprint density at radius 2 is 1.92 bits per heavy atom. The van der Waals surface area contributed by atoms with Crippen LogP contribution in [0.25, 0.3) is 17.4 Å². The molecule has 3 aromatic heterocycles. The fourth-order valence-electron chi connectivity index (χ4n) is 2.23. The molecule has 2 amide bonds. The molecule has 0 bridgehead atoms. The van der Waals surface area contributed by atoms with Gasteiger partial charge in [0.1, 0.15) is 0 Å². The van der Waals surface area contributed by atoms with Crippen molar-refractivity contribution in [1.29, 1.82) is 0 Å². The molecule has 0 atom stereocenters. The topological polar surface area (TPSA) is 110 Å². The highest BCUT2D eigenvalue weighted by Crippen LogP contribution is 2.20. The Bertz CT molecular complexity index is 1050. The normalized spacial score (nSPS) is 10.8. The summed E-state index contributed by atoms with van der Waals surface area (Å²) in [7, 11) is 0. The Balaban J connectivity index is 1.67. The van der Waals surface area contributed by atoms with Crippen LogP contribution in [-0.2, 0) is 0 Å². The predicted octanol–water partition coefficient (Wildman–Crippen LogP) is 3.15. The van der Waals surface area contributed by atoms with Crippen LogP contribution < -0.4 is 10.6 Å². The number of urea groups is 1. The maximum absolute atomic E-state index is 12.3. The van der Waals surface area contributed by atoms with Crippen LogP contribution in [0.5, 0.6) is 0 Å². The van der Waals surface area contributed by atoms with Gasteiger partial charge in [-0.05, 0) is 30.5 Å². The summed E-state index contributed by atoms with van der Waals surface area (Å²) in [6, 6.07) is 12.1. The predicted molar refractivity (Wildman–Crippen MR) is 97.1 cm³/mol. The molecular weight excluding hydrogens is 354 g/mol. The second-order valence-electron chi connectivity index (χ2n) is 5.10. The van der Waals surface area contributed by atoms with E-state index < -0.39 is 6.03 Å². The Morgan fingerprint density at radius 3 is 2.65 bits per heavy atom. The first kappa shape index (κ1) is 16.1. The number of para-hydroxylation sites is 1. The number of nitrogens with zero attached hydrogens (tertiary/aromatic N) is 5. The largest absolute Gasteiger partial charge is 0.461 e. The van der Waals surface area contributed by atoms with Crippen molar-refractivity contribution in [2.75, 3.05) is 16.9 Å². The number of furan rings is 1. The summed E-state index contributed by atoms with van der Waals surface area (Å²) in [5.74, 6) is 1.37. The zero-order valence-electron chi connectivity index (χ0n) is 13.6. The van der Waals surface area contributed by atoms with E-state index in [9.17, 15) is 4.79 Å². The van der Waals surface area contributed by atoms with E-state index in [1.807, 2.05) is 24.5 Å². The van der Waals surface area contributed by atoms with Crippen LogP contribution in [0.15, 0.2) is 58.3 Å². The quantitative estimate of drug-likeness (QED) is 0.533. The molecule has 0 fully saturated rings. The summed E-state index contributed by atoms with van der Waals surface area (Å²) in [6.45, 7) is 0. The van der Waals surface area contributed by atoms with Gasteiger partial charge in [0, 0.05) is 5.69 Å². The molecule has 4 rings (SSSR count). The van der Waals surface area contributed by atoms with E-state index in [1.54, 1.807) is 24.3 Å². The number of carbonyl (C=O) groups is 1. The van der Waals surface area contributed by atoms with Crippen molar-refractivity contribution >= 4 is 35.2 Å². The van der Waals surface area contributed by atoms with Gasteiger partial charge in [-0.2, -0.15) is 19.5 Å². The number of rotatable bonds is 4. The van der Waals surface area contributed by atoms with Crippen LogP contribution >= 0.6 is 11.8 Å². The number of anilines is 2. The highest BCUT2D eigenvalue weighted by atomic mass is 32.2. The third-order valence-electron chi connectivity index (χ3n) is 3.37. The van der Waals surface area contributed by atoms with Gasteiger partial charge in [-0.1, -0.05) is 30.0 Å². The monoisotopic (exact) mass is 367 g/mol. The molecule has 0 unspecified atom stereocenters. The van der Waals surface area contributed by atoms with Crippen molar-refractivity contribution in [3.63, 3.8) is 0 Å². The Morgan fingerprint density at radius 1 is 1.08 bits per heavy atom. The van der Waals surface area contributed by atoms with Crippen LogP contribution in [0.4, 0.5) is 16.4 Å². The molecule has 4 aromatic rings. The van der Waals surface area contributed by atoms with E-state index in [4.69, 9.17) is 4.42 Å². The summed E-state index contributed by atoms with van der Waals surface area (Å²) in [4.78, 5) is 25.2. The van der Waals surface area contributed by atoms with E-state index >= 15 is 0 Å². The van der Waals surface area contributed by atoms with Crippen LogP contribution in [0, 0.1) is 0 Å². The number of hydrogen-bond donors (Lipinski definition) is 2. The van der Waals surface area contributed by atoms with E-state index in [0.717, 1.165) is 0 Å². The number of thioether (sulfide) groups is 1. The van der Waals surface area contributed by atoms with Gasteiger partial charge < -0.3 is 9.73 Å². The SMILES string of the molecule is CSc1nc(NC(=O)Nc2ccccc2)n2nc(-c3ccco3)nc2n1. The van der Waals surface area contributed by atoms with Gasteiger partial charge >= 0.3 is 6.03 Å². The van der Waals surface area contributed by atoms with Crippen molar-refractivity contribution in [1.82, 2.24) is 24.6 Å². The maximum atomic E-state index is 12.3. The zero-order chi connectivity index (χ0) is 17.9. The zero-order valence-corrected chi connectivity index (χ0v) is 14.4. The number of hydrogen-bond acceptors (Lipinski definition) is 7. The fourth-order valence-corrected chi connectivity index (χ4v) is 2.59. The molecule has 0 saturated heterocycles. The lowest BCUT2D eigenvalue weighted by atomic mass is 10.3. The van der Waals surface area contributed by atoms with Gasteiger partial charge in [-0.15, -0.1) is 5.10 Å². The van der Waals surface area contributed by atoms with E-state index in [2.05, 4.69) is 30.7 Å². The molecule has 1 aromatic carbocycles. The molecule has 10 heteroatoms. The van der Waals surface area contributed by atoms with E-state index in [0.29, 0.717) is 28.2 Å². The van der Waals surface area contributed by atoms with Gasteiger partial charge in [0.25, 0.3) is 5.78 Å². The molecule has 9 nitrogen and oxygen atoms in total. The average Bonchev–Trinajstić information content (AvgIpc) is 3.31. The smallest absolute Gasteiger partial charge is 0.326 e. The second kappa shape index (κ2) is 6.84. The first-order valence-corrected chi connectivity index (χ1v) is 8.81. The summed E-state index contributed by atoms with van der Waals surface area (Å²) >= 11 is 1.34. The lowest BCUT2D eigenvalue weighted by molar-refractivity contribution is 0.262. The van der Waals surface area contributed by atoms with Crippen molar-refractivity contribution in [2.24, 2.45) is 0 Å². The van der Waals surface area contributed by atoms with Crippen LogP contribution in [0.3, 0.4) is 0 Å². The maximum Gasteiger partial charge on any atom is 0.326 e. The molecule has 130 valence electrons. The summed E-state index contributed by atoms with van der Waals surface area (Å²) < 4.78 is 6.68. The van der Waals surface area contributed by atoms with Gasteiger partial charge in [0.05, 0.1) is 6.26 Å². The number of aromatic nitrogens is 5. The van der Waals surface area contributed by atoms with Gasteiger partial charge in [-0.3, -0.25) is 5.32 Å². The lowest BCUT2D eigenvalue weighted by Gasteiger charge is -2.08. The molecule has 3 heterocycles. The van der Waals surface area contributed by atoms with Crippen LogP contribution in [0.2, 0.25) is 0 Å². The van der Waals surface area contributed by atoms with Gasteiger partial charge in [0.15, 0.2) is 10.9 Å². The van der Waals surface area contributed by atoms with Crippen LogP contribution in [0.1, 0.15) is 0 Å². The highest BCUT2D eigenvalue weighted by molar-refractivity contribution is 7.98. The van der Waals surface area contributed by atoms with Crippen LogP contribution in [-0.4, -0.2) is 36.9 Å². The summed E-state index contributed by atoms with van der Waals surface area (Å²) in [5.41, 5.74) is 0.662. The minimum atomic E-state index is -0.446. The third kappa shape index (κ3) is 3.22. The standard InChI is InChI=1S/C16H13N7O2S/c1-26-16-20-13-18-12(11-8-5-9-25-11)22-23(13)14(21-16)19-15(24)17-10-6-3-2-4-7-10/h2-9H,1H3,(H2,17,18,19,20,21,22,24). The molecule has 0 aliphatic rings. The average molecular weight is 367 g/mol. The summed E-state index contributed by atoms with van der Waals surface area (Å²) in [5, 5.41) is 10.2.